The van der Waals surface area contributed by atoms with Crippen molar-refractivity contribution in [2.75, 3.05) is 5.32 Å². The largest absolute Gasteiger partial charge is 0.364 e. The van der Waals surface area contributed by atoms with Gasteiger partial charge < -0.3 is 10.3 Å². The van der Waals surface area contributed by atoms with Gasteiger partial charge in [0.15, 0.2) is 0 Å². The molecule has 0 aromatic carbocycles. The van der Waals surface area contributed by atoms with Crippen LogP contribution in [-0.4, -0.2) is 19.9 Å². The van der Waals surface area contributed by atoms with Gasteiger partial charge in [-0.2, -0.15) is 0 Å². The zero-order valence-electron chi connectivity index (χ0n) is 12.7. The highest BCUT2D eigenvalue weighted by atomic mass is 35.5. The summed E-state index contributed by atoms with van der Waals surface area (Å²) < 4.78 is 0. The van der Waals surface area contributed by atoms with E-state index in [1.165, 1.54) is 0 Å². The number of hydrogen-bond donors (Lipinski definition) is 2. The van der Waals surface area contributed by atoms with Crippen LogP contribution in [0.1, 0.15) is 5.69 Å². The maximum Gasteiger partial charge on any atom is 0.140 e. The van der Waals surface area contributed by atoms with Gasteiger partial charge in [-0.1, -0.05) is 17.7 Å². The minimum absolute atomic E-state index is 0.593. The Kier molecular flexibility index (Phi) is 3.84. The molecule has 0 unspecified atom stereocenters. The highest BCUT2D eigenvalue weighted by Gasteiger charge is 2.12. The second-order valence-electron chi connectivity index (χ2n) is 5.30. The van der Waals surface area contributed by atoms with Crippen molar-refractivity contribution < 1.29 is 0 Å². The van der Waals surface area contributed by atoms with Gasteiger partial charge in [0, 0.05) is 29.5 Å². The van der Waals surface area contributed by atoms with E-state index in [9.17, 15) is 0 Å². The molecule has 4 rings (SSSR count). The third-order valence-corrected chi connectivity index (χ3v) is 4.02. The molecule has 0 atom stereocenters. The summed E-state index contributed by atoms with van der Waals surface area (Å²) in [5.74, 6) is 0.743. The fraction of sp³-hybridized carbons (Fsp3) is 0.0556. The molecule has 4 heterocycles. The van der Waals surface area contributed by atoms with Crippen molar-refractivity contribution >= 4 is 28.5 Å². The van der Waals surface area contributed by atoms with E-state index in [0.29, 0.717) is 11.6 Å². The van der Waals surface area contributed by atoms with Gasteiger partial charge in [-0.25, -0.2) is 4.98 Å². The van der Waals surface area contributed by atoms with Crippen molar-refractivity contribution in [1.29, 1.82) is 0 Å². The second kappa shape index (κ2) is 6.29. The summed E-state index contributed by atoms with van der Waals surface area (Å²) in [6.07, 6.45) is 5.37. The maximum absolute atomic E-state index is 6.33. The van der Waals surface area contributed by atoms with Gasteiger partial charge in [-0.3, -0.25) is 9.97 Å². The van der Waals surface area contributed by atoms with Crippen LogP contribution in [-0.2, 0) is 6.54 Å². The van der Waals surface area contributed by atoms with Gasteiger partial charge in [0.2, 0.25) is 0 Å². The van der Waals surface area contributed by atoms with E-state index in [1.807, 2.05) is 48.7 Å². The van der Waals surface area contributed by atoms with Crippen molar-refractivity contribution in [3.8, 4) is 11.3 Å². The summed E-state index contributed by atoms with van der Waals surface area (Å²) in [5.41, 5.74) is 3.42. The first-order valence-corrected chi connectivity index (χ1v) is 7.92. The molecule has 0 fully saturated rings. The Hall–Kier alpha value is -2.92. The summed E-state index contributed by atoms with van der Waals surface area (Å²) >= 11 is 6.33. The minimum Gasteiger partial charge on any atom is -0.364 e. The number of fused-ring (bicyclic) bond motifs is 1. The number of aromatic nitrogens is 4. The molecule has 0 bridgehead atoms. The highest BCUT2D eigenvalue weighted by molar-refractivity contribution is 6.33. The van der Waals surface area contributed by atoms with Crippen LogP contribution in [0.25, 0.3) is 22.3 Å². The van der Waals surface area contributed by atoms with Crippen LogP contribution in [0.3, 0.4) is 0 Å². The van der Waals surface area contributed by atoms with Crippen molar-refractivity contribution in [3.05, 3.63) is 71.8 Å². The van der Waals surface area contributed by atoms with Crippen molar-refractivity contribution in [2.24, 2.45) is 0 Å². The molecule has 2 N–H and O–H groups in total. The molecule has 4 aromatic rings. The van der Waals surface area contributed by atoms with Crippen LogP contribution in [0.5, 0.6) is 0 Å². The third-order valence-electron chi connectivity index (χ3n) is 3.72. The van der Waals surface area contributed by atoms with E-state index in [1.54, 1.807) is 12.4 Å². The molecular formula is C18H14ClN5. The normalized spacial score (nSPS) is 10.9. The minimum atomic E-state index is 0.593. The average molecular weight is 336 g/mol. The fourth-order valence-electron chi connectivity index (χ4n) is 2.59. The van der Waals surface area contributed by atoms with Crippen molar-refractivity contribution in [2.45, 2.75) is 6.54 Å². The zero-order valence-corrected chi connectivity index (χ0v) is 13.5. The Labute approximate surface area is 143 Å². The third kappa shape index (κ3) is 2.81. The van der Waals surface area contributed by atoms with Crippen LogP contribution in [0.4, 0.5) is 5.82 Å². The van der Waals surface area contributed by atoms with Crippen LogP contribution in [0.15, 0.2) is 61.1 Å². The van der Waals surface area contributed by atoms with E-state index in [-0.39, 0.29) is 0 Å². The smallest absolute Gasteiger partial charge is 0.140 e. The first kappa shape index (κ1) is 14.7. The fourth-order valence-corrected chi connectivity index (χ4v) is 2.82. The molecule has 118 valence electrons. The number of rotatable bonds is 4. The molecule has 0 aliphatic carbocycles. The summed E-state index contributed by atoms with van der Waals surface area (Å²) in [7, 11) is 0. The lowest BCUT2D eigenvalue weighted by molar-refractivity contribution is 1.03. The van der Waals surface area contributed by atoms with Gasteiger partial charge in [0.1, 0.15) is 11.5 Å². The summed E-state index contributed by atoms with van der Waals surface area (Å²) in [6.45, 7) is 0.593. The summed E-state index contributed by atoms with van der Waals surface area (Å²) in [6, 6.07) is 13.4. The van der Waals surface area contributed by atoms with E-state index in [0.717, 1.165) is 33.8 Å². The Morgan fingerprint density at radius 1 is 1.04 bits per heavy atom. The number of nitrogens with one attached hydrogen (secondary N) is 2. The number of anilines is 1. The van der Waals surface area contributed by atoms with Crippen LogP contribution in [0, 0.1) is 0 Å². The maximum atomic E-state index is 6.33. The monoisotopic (exact) mass is 335 g/mol. The second-order valence-corrected chi connectivity index (χ2v) is 5.71. The Morgan fingerprint density at radius 3 is 2.79 bits per heavy atom. The lowest BCUT2D eigenvalue weighted by atomic mass is 10.1. The Morgan fingerprint density at radius 2 is 1.96 bits per heavy atom. The lowest BCUT2D eigenvalue weighted by Crippen LogP contribution is -2.03. The predicted molar refractivity (Wildman–Crippen MR) is 95.9 cm³/mol. The zero-order chi connectivity index (χ0) is 16.4. The highest BCUT2D eigenvalue weighted by Crippen LogP contribution is 2.32. The van der Waals surface area contributed by atoms with E-state index < -0.39 is 0 Å². The van der Waals surface area contributed by atoms with Crippen LogP contribution >= 0.6 is 11.6 Å². The van der Waals surface area contributed by atoms with Gasteiger partial charge in [-0.05, 0) is 36.4 Å². The Bertz CT molecular complexity index is 981. The SMILES string of the molecule is Clc1cccnc1-c1cc(NCc2ccccn2)nc2[nH]ccc12. The molecule has 0 radical (unpaired) electrons. The number of hydrogen-bond acceptors (Lipinski definition) is 4. The predicted octanol–water partition coefficient (Wildman–Crippen LogP) is 4.29. The topological polar surface area (TPSA) is 66.5 Å². The first-order valence-electron chi connectivity index (χ1n) is 7.54. The quantitative estimate of drug-likeness (QED) is 0.584. The number of pyridine rings is 3. The van der Waals surface area contributed by atoms with Crippen molar-refractivity contribution in [3.63, 3.8) is 0 Å². The van der Waals surface area contributed by atoms with Crippen LogP contribution in [0.2, 0.25) is 5.02 Å². The molecule has 0 aliphatic rings. The number of halogens is 1. The standard InChI is InChI=1S/C18H14ClN5/c19-15-5-3-8-21-17(15)14-10-16(24-18-13(14)6-9-22-18)23-11-12-4-1-2-7-20-12/h1-10H,11H2,(H2,22,23,24). The molecule has 6 heteroatoms. The number of aromatic amines is 1. The molecular weight excluding hydrogens is 322 g/mol. The molecule has 24 heavy (non-hydrogen) atoms. The molecule has 0 aliphatic heterocycles. The number of nitrogens with zero attached hydrogens (tertiary/aromatic N) is 3. The Balaban J connectivity index is 1.74. The number of H-pyrrole nitrogens is 1. The van der Waals surface area contributed by atoms with Crippen molar-refractivity contribution in [1.82, 2.24) is 19.9 Å². The van der Waals surface area contributed by atoms with E-state index >= 15 is 0 Å². The van der Waals surface area contributed by atoms with E-state index in [2.05, 4.69) is 25.3 Å². The molecule has 0 saturated heterocycles. The van der Waals surface area contributed by atoms with Gasteiger partial charge in [0.25, 0.3) is 0 Å². The summed E-state index contributed by atoms with van der Waals surface area (Å²) in [5, 5.41) is 4.91. The van der Waals surface area contributed by atoms with Gasteiger partial charge in [0.05, 0.1) is 23.0 Å². The summed E-state index contributed by atoms with van der Waals surface area (Å²) in [4.78, 5) is 16.5. The van der Waals surface area contributed by atoms with Gasteiger partial charge in [-0.15, -0.1) is 0 Å². The molecule has 4 aromatic heterocycles. The van der Waals surface area contributed by atoms with E-state index in [4.69, 9.17) is 11.6 Å². The molecule has 5 nitrogen and oxygen atoms in total. The van der Waals surface area contributed by atoms with Gasteiger partial charge >= 0.3 is 0 Å². The molecule has 0 saturated carbocycles. The van der Waals surface area contributed by atoms with Crippen LogP contribution < -0.4 is 5.32 Å². The average Bonchev–Trinajstić information content (AvgIpc) is 3.09. The lowest BCUT2D eigenvalue weighted by Gasteiger charge is -2.10. The molecule has 0 amide bonds. The molecule has 0 spiro atoms. The first-order chi connectivity index (χ1) is 11.8.